The largest absolute Gasteiger partial charge is 0.504 e. The van der Waals surface area contributed by atoms with Gasteiger partial charge in [-0.3, -0.25) is 4.79 Å². The molecule has 0 atom stereocenters. The molecule has 0 radical (unpaired) electrons. The first-order valence-electron chi connectivity index (χ1n) is 7.05. The molecule has 1 aliphatic heterocycles. The van der Waals surface area contributed by atoms with Crippen molar-refractivity contribution in [3.05, 3.63) is 53.1 Å². The van der Waals surface area contributed by atoms with Crippen molar-refractivity contribution in [1.82, 2.24) is 0 Å². The summed E-state index contributed by atoms with van der Waals surface area (Å²) in [5.41, 5.74) is 1.68. The molecule has 0 saturated heterocycles. The van der Waals surface area contributed by atoms with Gasteiger partial charge in [-0.05, 0) is 42.0 Å². The number of rotatable bonds is 3. The van der Waals surface area contributed by atoms with E-state index in [4.69, 9.17) is 14.2 Å². The number of ketones is 1. The molecular weight excluding hydrogens is 296 g/mol. The highest BCUT2D eigenvalue weighted by Crippen LogP contribution is 2.32. The molecular formula is C18H16O5. The van der Waals surface area contributed by atoms with Gasteiger partial charge in [-0.2, -0.15) is 0 Å². The van der Waals surface area contributed by atoms with Crippen LogP contribution < -0.4 is 14.2 Å². The lowest BCUT2D eigenvalue weighted by Gasteiger charge is -2.19. The van der Waals surface area contributed by atoms with Crippen molar-refractivity contribution in [2.24, 2.45) is 0 Å². The zero-order chi connectivity index (χ0) is 16.4. The Kier molecular flexibility index (Phi) is 3.93. The van der Waals surface area contributed by atoms with Gasteiger partial charge in [0.25, 0.3) is 0 Å². The Morgan fingerprint density at radius 1 is 1.13 bits per heavy atom. The number of benzene rings is 2. The molecule has 1 aliphatic rings. The van der Waals surface area contributed by atoms with Gasteiger partial charge in [0.15, 0.2) is 17.3 Å². The second-order valence-corrected chi connectivity index (χ2v) is 5.08. The van der Waals surface area contributed by atoms with Gasteiger partial charge in [-0.1, -0.05) is 6.07 Å². The molecule has 118 valence electrons. The van der Waals surface area contributed by atoms with Crippen LogP contribution in [0.25, 0.3) is 6.08 Å². The maximum atomic E-state index is 12.6. The number of aromatic hydroxyl groups is 1. The van der Waals surface area contributed by atoms with E-state index in [0.29, 0.717) is 33.9 Å². The van der Waals surface area contributed by atoms with Crippen molar-refractivity contribution in [1.29, 1.82) is 0 Å². The molecule has 0 unspecified atom stereocenters. The molecule has 1 heterocycles. The zero-order valence-electron chi connectivity index (χ0n) is 12.8. The molecule has 0 fully saturated rings. The molecule has 3 rings (SSSR count). The van der Waals surface area contributed by atoms with Gasteiger partial charge in [-0.15, -0.1) is 0 Å². The van der Waals surface area contributed by atoms with Gasteiger partial charge in [0, 0.05) is 5.57 Å². The molecule has 0 amide bonds. The van der Waals surface area contributed by atoms with Crippen molar-refractivity contribution >= 4 is 11.9 Å². The number of Topliss-reactive ketones (excluding diaryl/α,β-unsaturated/α-hetero) is 1. The fraction of sp³-hybridized carbons (Fsp3) is 0.167. The number of phenols is 1. The first-order chi connectivity index (χ1) is 11.1. The Hall–Kier alpha value is -2.95. The van der Waals surface area contributed by atoms with E-state index in [-0.39, 0.29) is 18.1 Å². The number of ether oxygens (including phenoxy) is 3. The van der Waals surface area contributed by atoms with Gasteiger partial charge in [0.05, 0.1) is 19.8 Å². The molecule has 0 bridgehead atoms. The van der Waals surface area contributed by atoms with Gasteiger partial charge in [-0.25, -0.2) is 0 Å². The van der Waals surface area contributed by atoms with Crippen molar-refractivity contribution in [2.75, 3.05) is 20.8 Å². The van der Waals surface area contributed by atoms with Crippen LogP contribution in [0.2, 0.25) is 0 Å². The number of fused-ring (bicyclic) bond motifs is 1. The number of carbonyl (C=O) groups is 1. The van der Waals surface area contributed by atoms with Gasteiger partial charge >= 0.3 is 0 Å². The maximum Gasteiger partial charge on any atom is 0.196 e. The lowest BCUT2D eigenvalue weighted by atomic mass is 9.98. The molecule has 0 spiro atoms. The molecule has 2 aromatic rings. The number of hydrogen-bond acceptors (Lipinski definition) is 5. The van der Waals surface area contributed by atoms with E-state index >= 15 is 0 Å². The summed E-state index contributed by atoms with van der Waals surface area (Å²) < 4.78 is 15.8. The predicted octanol–water partition coefficient (Wildman–Crippen LogP) is 3.07. The lowest BCUT2D eigenvalue weighted by Crippen LogP contribution is -2.19. The second-order valence-electron chi connectivity index (χ2n) is 5.08. The van der Waals surface area contributed by atoms with Crippen LogP contribution in [-0.2, 0) is 0 Å². The van der Waals surface area contributed by atoms with Crippen molar-refractivity contribution < 1.29 is 24.1 Å². The van der Waals surface area contributed by atoms with Crippen LogP contribution in [0.15, 0.2) is 42.0 Å². The SMILES string of the molecule is COc1ccc2c(c1)C(=O)/C(=C\c1ccc(OC)c(O)c1)CO2. The molecule has 23 heavy (non-hydrogen) atoms. The molecule has 0 aromatic heterocycles. The Morgan fingerprint density at radius 3 is 2.65 bits per heavy atom. The van der Waals surface area contributed by atoms with E-state index < -0.39 is 0 Å². The average molecular weight is 312 g/mol. The summed E-state index contributed by atoms with van der Waals surface area (Å²) in [6.07, 6.45) is 1.70. The normalized spacial score (nSPS) is 15.0. The number of phenolic OH excluding ortho intramolecular Hbond substituents is 1. The summed E-state index contributed by atoms with van der Waals surface area (Å²) >= 11 is 0. The minimum Gasteiger partial charge on any atom is -0.504 e. The van der Waals surface area contributed by atoms with E-state index in [0.717, 1.165) is 0 Å². The molecule has 2 aromatic carbocycles. The van der Waals surface area contributed by atoms with Gasteiger partial charge in [0.1, 0.15) is 18.1 Å². The summed E-state index contributed by atoms with van der Waals surface area (Å²) in [6.45, 7) is 0.185. The first-order valence-corrected chi connectivity index (χ1v) is 7.05. The maximum absolute atomic E-state index is 12.6. The zero-order valence-corrected chi connectivity index (χ0v) is 12.8. The smallest absolute Gasteiger partial charge is 0.196 e. The highest BCUT2D eigenvalue weighted by atomic mass is 16.5. The Bertz CT molecular complexity index is 792. The van der Waals surface area contributed by atoms with E-state index in [1.54, 1.807) is 49.6 Å². The Labute approximate surface area is 133 Å². The second kappa shape index (κ2) is 6.04. The highest BCUT2D eigenvalue weighted by molar-refractivity contribution is 6.14. The number of carbonyl (C=O) groups excluding carboxylic acids is 1. The van der Waals surface area contributed by atoms with Crippen molar-refractivity contribution in [2.45, 2.75) is 0 Å². The fourth-order valence-electron chi connectivity index (χ4n) is 2.44. The van der Waals surface area contributed by atoms with Crippen LogP contribution in [0, 0.1) is 0 Å². The molecule has 0 aliphatic carbocycles. The quantitative estimate of drug-likeness (QED) is 0.882. The predicted molar refractivity (Wildman–Crippen MR) is 85.5 cm³/mol. The van der Waals surface area contributed by atoms with Crippen LogP contribution in [-0.4, -0.2) is 31.7 Å². The topological polar surface area (TPSA) is 65.0 Å². The molecule has 0 saturated carbocycles. The minimum absolute atomic E-state index is 0.0214. The fourth-order valence-corrected chi connectivity index (χ4v) is 2.44. The summed E-state index contributed by atoms with van der Waals surface area (Å²) in [4.78, 5) is 12.6. The van der Waals surface area contributed by atoms with E-state index in [9.17, 15) is 9.90 Å². The lowest BCUT2D eigenvalue weighted by molar-refractivity contribution is 0.100. The molecule has 5 heteroatoms. The summed E-state index contributed by atoms with van der Waals surface area (Å²) in [6, 6.07) is 10.1. The average Bonchev–Trinajstić information content (AvgIpc) is 2.57. The van der Waals surface area contributed by atoms with Crippen LogP contribution in [0.5, 0.6) is 23.0 Å². The van der Waals surface area contributed by atoms with Crippen LogP contribution in [0.3, 0.4) is 0 Å². The third-order valence-electron chi connectivity index (χ3n) is 3.65. The number of methoxy groups -OCH3 is 2. The first kappa shape index (κ1) is 15.0. The summed E-state index contributed by atoms with van der Waals surface area (Å²) in [5, 5.41) is 9.83. The standard InChI is InChI=1S/C18H16O5/c1-21-13-4-6-16-14(9-13)18(20)12(10-23-16)7-11-3-5-17(22-2)15(19)8-11/h3-9,19H,10H2,1-2H3/b12-7-. The molecule has 1 N–H and O–H groups in total. The van der Waals surface area contributed by atoms with Crippen molar-refractivity contribution in [3.63, 3.8) is 0 Å². The highest BCUT2D eigenvalue weighted by Gasteiger charge is 2.24. The van der Waals surface area contributed by atoms with Gasteiger partial charge < -0.3 is 19.3 Å². The molecule has 5 nitrogen and oxygen atoms in total. The van der Waals surface area contributed by atoms with Crippen LogP contribution in [0.4, 0.5) is 0 Å². The Balaban J connectivity index is 1.95. The van der Waals surface area contributed by atoms with E-state index in [1.165, 1.54) is 7.11 Å². The van der Waals surface area contributed by atoms with E-state index in [1.807, 2.05) is 0 Å². The summed E-state index contributed by atoms with van der Waals surface area (Å²) in [7, 11) is 3.03. The minimum atomic E-state index is -0.111. The number of hydrogen-bond donors (Lipinski definition) is 1. The van der Waals surface area contributed by atoms with Crippen molar-refractivity contribution in [3.8, 4) is 23.0 Å². The Morgan fingerprint density at radius 2 is 1.96 bits per heavy atom. The van der Waals surface area contributed by atoms with Gasteiger partial charge in [0.2, 0.25) is 0 Å². The summed E-state index contributed by atoms with van der Waals surface area (Å²) in [5.74, 6) is 1.44. The third-order valence-corrected chi connectivity index (χ3v) is 3.65. The van der Waals surface area contributed by atoms with E-state index in [2.05, 4.69) is 0 Å². The third kappa shape index (κ3) is 2.85. The monoisotopic (exact) mass is 312 g/mol. The van der Waals surface area contributed by atoms with Crippen LogP contribution >= 0.6 is 0 Å². The van der Waals surface area contributed by atoms with Crippen LogP contribution in [0.1, 0.15) is 15.9 Å².